The molecule has 0 aliphatic heterocycles. The van der Waals surface area contributed by atoms with E-state index in [0.717, 1.165) is 23.1 Å². The number of hydrogen-bond donors (Lipinski definition) is 2. The number of fused-ring (bicyclic) bond motifs is 1. The third-order valence-corrected chi connectivity index (χ3v) is 4.50. The van der Waals surface area contributed by atoms with Crippen molar-refractivity contribution in [2.45, 2.75) is 12.8 Å². The molecule has 0 radical (unpaired) electrons. The lowest BCUT2D eigenvalue weighted by Crippen LogP contribution is -2.05. The lowest BCUT2D eigenvalue weighted by Gasteiger charge is -2.18. The molecule has 0 saturated carbocycles. The summed E-state index contributed by atoms with van der Waals surface area (Å²) in [7, 11) is 1.59. The van der Waals surface area contributed by atoms with Gasteiger partial charge in [-0.05, 0) is 59.9 Å². The minimum atomic E-state index is -1.17. The Hall–Kier alpha value is -3.26. The quantitative estimate of drug-likeness (QED) is 0.876. The fraction of sp³-hybridized carbons (Fsp3) is 0.200. The number of carboxylic acid groups (broad SMARTS) is 1. The third-order valence-electron chi connectivity index (χ3n) is 4.50. The molecule has 0 spiro atoms. The second kappa shape index (κ2) is 6.70. The van der Waals surface area contributed by atoms with Crippen LogP contribution in [0, 0.1) is 17.2 Å². The summed E-state index contributed by atoms with van der Waals surface area (Å²) in [6.45, 7) is 0. The normalized spacial score (nSPS) is 19.3. The van der Waals surface area contributed by atoms with Gasteiger partial charge in [-0.3, -0.25) is 0 Å². The molecule has 2 aliphatic rings. The van der Waals surface area contributed by atoms with Crippen LogP contribution in [0.2, 0.25) is 0 Å². The van der Waals surface area contributed by atoms with E-state index in [1.54, 1.807) is 13.2 Å². The first-order valence-electron chi connectivity index (χ1n) is 7.89. The van der Waals surface area contributed by atoms with Crippen molar-refractivity contribution in [1.82, 2.24) is 0 Å². The molecule has 3 rings (SSSR count). The van der Waals surface area contributed by atoms with E-state index < -0.39 is 5.97 Å². The van der Waals surface area contributed by atoms with Gasteiger partial charge in [-0.1, -0.05) is 12.1 Å². The van der Waals surface area contributed by atoms with E-state index in [1.807, 2.05) is 24.3 Å². The molecule has 1 aromatic carbocycles. The molecule has 0 aromatic heterocycles. The maximum atomic E-state index is 11.0. The number of phenols is 1. The topological polar surface area (TPSA) is 90.5 Å². The first-order valence-corrected chi connectivity index (χ1v) is 7.89. The Bertz CT molecular complexity index is 897. The molecule has 126 valence electrons. The number of carboxylic acids is 1. The Morgan fingerprint density at radius 1 is 1.36 bits per heavy atom. The standard InChI is InChI=1S/C20H17NO4/c1-25-16-6-4-12-2-3-13(8-15(11-21)18(12)10-16)14-5-7-17(20(23)24)19(22)9-14/h4-10,12,22H,2-3H2,1H3,(H,23,24)/t12-/m0/s1. The van der Waals surface area contributed by atoms with Crippen LogP contribution in [0.5, 0.6) is 5.75 Å². The van der Waals surface area contributed by atoms with Crippen LogP contribution in [-0.2, 0) is 4.74 Å². The van der Waals surface area contributed by atoms with Gasteiger partial charge < -0.3 is 14.9 Å². The summed E-state index contributed by atoms with van der Waals surface area (Å²) < 4.78 is 5.26. The fourth-order valence-corrected chi connectivity index (χ4v) is 3.16. The second-order valence-corrected chi connectivity index (χ2v) is 5.94. The van der Waals surface area contributed by atoms with Crippen LogP contribution in [0.15, 0.2) is 59.4 Å². The Kier molecular flexibility index (Phi) is 4.44. The van der Waals surface area contributed by atoms with Gasteiger partial charge in [0.2, 0.25) is 0 Å². The number of aromatic hydroxyl groups is 1. The summed E-state index contributed by atoms with van der Waals surface area (Å²) in [4.78, 5) is 11.0. The number of allylic oxidation sites excluding steroid dienone is 7. The zero-order valence-corrected chi connectivity index (χ0v) is 13.7. The predicted molar refractivity (Wildman–Crippen MR) is 92.6 cm³/mol. The Balaban J connectivity index is 2.04. The van der Waals surface area contributed by atoms with E-state index in [4.69, 9.17) is 9.84 Å². The number of nitriles is 1. The second-order valence-electron chi connectivity index (χ2n) is 5.94. The molecular weight excluding hydrogens is 318 g/mol. The number of hydrogen-bond acceptors (Lipinski definition) is 4. The SMILES string of the molecule is COC1=CC2=C(C#N)C=C(c3ccc(C(=O)O)c(O)c3)CC[C@H]2C=C1. The van der Waals surface area contributed by atoms with Crippen LogP contribution in [0.4, 0.5) is 0 Å². The van der Waals surface area contributed by atoms with Crippen molar-refractivity contribution in [3.63, 3.8) is 0 Å². The van der Waals surface area contributed by atoms with Gasteiger partial charge in [-0.15, -0.1) is 0 Å². The van der Waals surface area contributed by atoms with Crippen LogP contribution in [0.25, 0.3) is 5.57 Å². The molecule has 5 heteroatoms. The summed E-state index contributed by atoms with van der Waals surface area (Å²) >= 11 is 0. The number of nitrogens with zero attached hydrogens (tertiary/aromatic N) is 1. The maximum Gasteiger partial charge on any atom is 0.339 e. The molecule has 0 heterocycles. The molecule has 0 unspecified atom stereocenters. The van der Waals surface area contributed by atoms with Gasteiger partial charge in [0.15, 0.2) is 0 Å². The predicted octanol–water partition coefficient (Wildman–Crippen LogP) is 3.80. The lowest BCUT2D eigenvalue weighted by molar-refractivity contribution is 0.0693. The Labute approximate surface area is 145 Å². The van der Waals surface area contributed by atoms with Gasteiger partial charge in [0.05, 0.1) is 18.8 Å². The molecule has 25 heavy (non-hydrogen) atoms. The largest absolute Gasteiger partial charge is 0.507 e. The highest BCUT2D eigenvalue weighted by atomic mass is 16.5. The molecule has 0 fully saturated rings. The van der Waals surface area contributed by atoms with E-state index in [-0.39, 0.29) is 17.2 Å². The van der Waals surface area contributed by atoms with Crippen molar-refractivity contribution in [3.05, 3.63) is 70.5 Å². The van der Waals surface area contributed by atoms with Crippen molar-refractivity contribution in [1.29, 1.82) is 5.26 Å². The number of carbonyl (C=O) groups is 1. The molecule has 0 amide bonds. The molecule has 0 bridgehead atoms. The number of ether oxygens (including phenoxy) is 1. The van der Waals surface area contributed by atoms with Crippen molar-refractivity contribution < 1.29 is 19.7 Å². The maximum absolute atomic E-state index is 11.0. The number of aromatic carboxylic acids is 1. The summed E-state index contributed by atoms with van der Waals surface area (Å²) in [6, 6.07) is 6.73. The monoisotopic (exact) mass is 335 g/mol. The van der Waals surface area contributed by atoms with E-state index in [2.05, 4.69) is 6.07 Å². The molecule has 1 aromatic rings. The Morgan fingerprint density at radius 3 is 2.80 bits per heavy atom. The van der Waals surface area contributed by atoms with E-state index in [1.165, 1.54) is 12.1 Å². The summed E-state index contributed by atoms with van der Waals surface area (Å²) in [5.74, 6) is -0.610. The van der Waals surface area contributed by atoms with Crippen LogP contribution < -0.4 is 0 Å². The molecule has 0 saturated heterocycles. The van der Waals surface area contributed by atoms with Crippen LogP contribution >= 0.6 is 0 Å². The van der Waals surface area contributed by atoms with Gasteiger partial charge in [-0.25, -0.2) is 4.79 Å². The zero-order chi connectivity index (χ0) is 18.0. The average molecular weight is 335 g/mol. The third kappa shape index (κ3) is 3.20. The highest BCUT2D eigenvalue weighted by Crippen LogP contribution is 2.37. The molecule has 2 N–H and O–H groups in total. The van der Waals surface area contributed by atoms with Crippen LogP contribution in [0.3, 0.4) is 0 Å². The summed E-state index contributed by atoms with van der Waals surface area (Å²) in [5.41, 5.74) is 2.95. The highest BCUT2D eigenvalue weighted by Gasteiger charge is 2.23. The number of rotatable bonds is 3. The molecular formula is C20H17NO4. The molecule has 5 nitrogen and oxygen atoms in total. The van der Waals surface area contributed by atoms with Crippen LogP contribution in [-0.4, -0.2) is 23.3 Å². The summed E-state index contributed by atoms with van der Waals surface area (Å²) in [5, 5.41) is 28.5. The molecule has 1 atom stereocenters. The lowest BCUT2D eigenvalue weighted by atomic mass is 9.88. The van der Waals surface area contributed by atoms with Crippen molar-refractivity contribution in [2.24, 2.45) is 5.92 Å². The highest BCUT2D eigenvalue weighted by molar-refractivity contribution is 5.91. The van der Waals surface area contributed by atoms with Crippen molar-refractivity contribution >= 4 is 11.5 Å². The van der Waals surface area contributed by atoms with Crippen LogP contribution in [0.1, 0.15) is 28.8 Å². The first-order chi connectivity index (χ1) is 12.0. The smallest absolute Gasteiger partial charge is 0.339 e. The van der Waals surface area contributed by atoms with E-state index in [0.29, 0.717) is 17.8 Å². The first kappa shape index (κ1) is 16.6. The molecule has 2 aliphatic carbocycles. The van der Waals surface area contributed by atoms with Gasteiger partial charge in [0.25, 0.3) is 0 Å². The van der Waals surface area contributed by atoms with Crippen molar-refractivity contribution in [3.8, 4) is 11.8 Å². The Morgan fingerprint density at radius 2 is 2.16 bits per heavy atom. The van der Waals surface area contributed by atoms with E-state index in [9.17, 15) is 15.2 Å². The fourth-order valence-electron chi connectivity index (χ4n) is 3.16. The summed E-state index contributed by atoms with van der Waals surface area (Å²) in [6.07, 6.45) is 9.17. The minimum Gasteiger partial charge on any atom is -0.507 e. The van der Waals surface area contributed by atoms with Gasteiger partial charge >= 0.3 is 5.97 Å². The van der Waals surface area contributed by atoms with E-state index >= 15 is 0 Å². The number of methoxy groups -OCH3 is 1. The average Bonchev–Trinajstić information content (AvgIpc) is 2.80. The van der Waals surface area contributed by atoms with Gasteiger partial charge in [0.1, 0.15) is 17.1 Å². The zero-order valence-electron chi connectivity index (χ0n) is 13.7. The van der Waals surface area contributed by atoms with Gasteiger partial charge in [0, 0.05) is 5.92 Å². The number of benzene rings is 1. The van der Waals surface area contributed by atoms with Gasteiger partial charge in [-0.2, -0.15) is 5.26 Å². The minimum absolute atomic E-state index is 0.134. The van der Waals surface area contributed by atoms with Crippen molar-refractivity contribution in [2.75, 3.05) is 7.11 Å².